The number of ketones is 1. The van der Waals surface area contributed by atoms with Crippen LogP contribution in [0, 0.1) is 5.92 Å². The second kappa shape index (κ2) is 6.16. The number of carbonyl (C=O) groups excluding carboxylic acids is 3. The molecule has 1 aromatic heterocycles. The quantitative estimate of drug-likeness (QED) is 0.644. The molecule has 1 aromatic rings. The van der Waals surface area contributed by atoms with Gasteiger partial charge in [0, 0.05) is 18.8 Å². The Morgan fingerprint density at radius 3 is 2.53 bits per heavy atom. The molecule has 102 valence electrons. The molecule has 0 aromatic carbocycles. The summed E-state index contributed by atoms with van der Waals surface area (Å²) in [4.78, 5) is 34.9. The fraction of sp³-hybridized carbons (Fsp3) is 0.417. The number of rotatable bonds is 5. The van der Waals surface area contributed by atoms with E-state index in [9.17, 15) is 14.4 Å². The van der Waals surface area contributed by atoms with Gasteiger partial charge in [-0.15, -0.1) is 11.3 Å². The fourth-order valence-corrected chi connectivity index (χ4v) is 2.47. The van der Waals surface area contributed by atoms with Crippen molar-refractivity contribution in [3.8, 4) is 0 Å². The summed E-state index contributed by atoms with van der Waals surface area (Å²) in [5.41, 5.74) is 4.65. The van der Waals surface area contributed by atoms with Crippen LogP contribution in [0.4, 0.5) is 0 Å². The monoisotopic (exact) mass is 300 g/mol. The first kappa shape index (κ1) is 14.0. The molecule has 0 saturated heterocycles. The van der Waals surface area contributed by atoms with Gasteiger partial charge >= 0.3 is 0 Å². The van der Waals surface area contributed by atoms with E-state index in [0.29, 0.717) is 9.21 Å². The lowest BCUT2D eigenvalue weighted by Crippen LogP contribution is -2.42. The van der Waals surface area contributed by atoms with Gasteiger partial charge < -0.3 is 0 Å². The molecule has 7 heteroatoms. The minimum Gasteiger partial charge on any atom is -0.293 e. The molecule has 0 aliphatic heterocycles. The maximum absolute atomic E-state index is 11.7. The predicted octanol–water partition coefficient (Wildman–Crippen LogP) is 1.92. The van der Waals surface area contributed by atoms with Gasteiger partial charge in [0.25, 0.3) is 0 Å². The standard InChI is InChI=1S/C12H13ClN2O3S/c13-10-5-4-9(19-10)8(16)3-6-11(17)14-15-12(18)7-1-2-7/h4-5,7H,1-3,6H2,(H,14,17)(H,15,18). The number of Topliss-reactive ketones (excluding diaryl/α,β-unsaturated/α-hetero) is 1. The van der Waals surface area contributed by atoms with E-state index in [4.69, 9.17) is 11.6 Å². The van der Waals surface area contributed by atoms with Crippen LogP contribution >= 0.6 is 22.9 Å². The van der Waals surface area contributed by atoms with Crippen molar-refractivity contribution in [3.05, 3.63) is 21.3 Å². The molecule has 5 nitrogen and oxygen atoms in total. The van der Waals surface area contributed by atoms with E-state index in [1.165, 1.54) is 11.3 Å². The van der Waals surface area contributed by atoms with Gasteiger partial charge in [-0.25, -0.2) is 0 Å². The molecule has 2 N–H and O–H groups in total. The third kappa shape index (κ3) is 4.33. The molecule has 1 aliphatic rings. The summed E-state index contributed by atoms with van der Waals surface area (Å²) >= 11 is 6.92. The highest BCUT2D eigenvalue weighted by Gasteiger charge is 2.29. The van der Waals surface area contributed by atoms with Crippen LogP contribution in [0.15, 0.2) is 12.1 Å². The summed E-state index contributed by atoms with van der Waals surface area (Å²) in [6.07, 6.45) is 1.89. The number of hydrogen-bond donors (Lipinski definition) is 2. The average molecular weight is 301 g/mol. The zero-order chi connectivity index (χ0) is 13.8. The van der Waals surface area contributed by atoms with E-state index in [2.05, 4.69) is 10.9 Å². The van der Waals surface area contributed by atoms with Crippen molar-refractivity contribution in [3.63, 3.8) is 0 Å². The Morgan fingerprint density at radius 1 is 1.21 bits per heavy atom. The maximum atomic E-state index is 11.7. The molecule has 0 unspecified atom stereocenters. The van der Waals surface area contributed by atoms with Crippen molar-refractivity contribution in [1.82, 2.24) is 10.9 Å². The van der Waals surface area contributed by atoms with Crippen LogP contribution in [0.25, 0.3) is 0 Å². The highest BCUT2D eigenvalue weighted by atomic mass is 35.5. The minimum absolute atomic E-state index is 0.0372. The first-order valence-electron chi connectivity index (χ1n) is 5.93. The van der Waals surface area contributed by atoms with E-state index in [1.54, 1.807) is 12.1 Å². The Bertz CT molecular complexity index is 511. The van der Waals surface area contributed by atoms with Crippen LogP contribution < -0.4 is 10.9 Å². The van der Waals surface area contributed by atoms with Crippen molar-refractivity contribution in [2.24, 2.45) is 5.92 Å². The maximum Gasteiger partial charge on any atom is 0.241 e. The summed E-state index contributed by atoms with van der Waals surface area (Å²) in [5.74, 6) is -0.620. The molecule has 1 saturated carbocycles. The van der Waals surface area contributed by atoms with Crippen molar-refractivity contribution in [1.29, 1.82) is 0 Å². The normalized spacial score (nSPS) is 13.9. The second-order valence-electron chi connectivity index (χ2n) is 4.34. The van der Waals surface area contributed by atoms with E-state index in [1.807, 2.05) is 0 Å². The number of amides is 2. The highest BCUT2D eigenvalue weighted by molar-refractivity contribution is 7.18. The average Bonchev–Trinajstić information content (AvgIpc) is 3.15. The van der Waals surface area contributed by atoms with Gasteiger partial charge in [0.05, 0.1) is 9.21 Å². The Morgan fingerprint density at radius 2 is 1.95 bits per heavy atom. The van der Waals surface area contributed by atoms with Crippen molar-refractivity contribution < 1.29 is 14.4 Å². The van der Waals surface area contributed by atoms with E-state index in [-0.39, 0.29) is 36.4 Å². The lowest BCUT2D eigenvalue weighted by atomic mass is 10.2. The number of nitrogens with one attached hydrogen (secondary N) is 2. The van der Waals surface area contributed by atoms with Crippen LogP contribution in [0.2, 0.25) is 4.34 Å². The van der Waals surface area contributed by atoms with Crippen LogP contribution in [0.3, 0.4) is 0 Å². The second-order valence-corrected chi connectivity index (χ2v) is 6.05. The Kier molecular flexibility index (Phi) is 4.55. The molecule has 0 bridgehead atoms. The van der Waals surface area contributed by atoms with Gasteiger partial charge in [-0.05, 0) is 25.0 Å². The highest BCUT2D eigenvalue weighted by Crippen LogP contribution is 2.28. The smallest absolute Gasteiger partial charge is 0.241 e. The van der Waals surface area contributed by atoms with Gasteiger partial charge in [0.2, 0.25) is 11.8 Å². The van der Waals surface area contributed by atoms with Crippen LogP contribution in [0.1, 0.15) is 35.4 Å². The molecule has 2 rings (SSSR count). The minimum atomic E-state index is -0.370. The molecule has 2 amide bonds. The van der Waals surface area contributed by atoms with Gasteiger partial charge in [-0.2, -0.15) is 0 Å². The molecule has 1 aliphatic carbocycles. The van der Waals surface area contributed by atoms with E-state index in [0.717, 1.165) is 12.8 Å². The molecule has 1 heterocycles. The van der Waals surface area contributed by atoms with E-state index < -0.39 is 0 Å². The lowest BCUT2D eigenvalue weighted by molar-refractivity contribution is -0.129. The molecule has 0 radical (unpaired) electrons. The van der Waals surface area contributed by atoms with Gasteiger partial charge in [0.15, 0.2) is 5.78 Å². The SMILES string of the molecule is O=C(CCC(=O)c1ccc(Cl)s1)NNC(=O)C1CC1. The summed E-state index contributed by atoms with van der Waals surface area (Å²) < 4.78 is 0.546. The third-order valence-electron chi connectivity index (χ3n) is 2.70. The Balaban J connectivity index is 1.68. The molecular weight excluding hydrogens is 288 g/mol. The van der Waals surface area contributed by atoms with Crippen LogP contribution in [0.5, 0.6) is 0 Å². The fourth-order valence-electron chi connectivity index (χ4n) is 1.46. The number of hydrogen-bond acceptors (Lipinski definition) is 4. The topological polar surface area (TPSA) is 75.3 Å². The van der Waals surface area contributed by atoms with Crippen LogP contribution in [-0.4, -0.2) is 17.6 Å². The van der Waals surface area contributed by atoms with Crippen molar-refractivity contribution >= 4 is 40.5 Å². The largest absolute Gasteiger partial charge is 0.293 e. The molecule has 0 atom stereocenters. The number of thiophene rings is 1. The summed E-state index contributed by atoms with van der Waals surface area (Å²) in [6, 6.07) is 3.29. The Hall–Kier alpha value is -1.40. The number of halogens is 1. The van der Waals surface area contributed by atoms with E-state index >= 15 is 0 Å². The predicted molar refractivity (Wildman–Crippen MR) is 71.9 cm³/mol. The Labute approximate surface area is 119 Å². The first-order chi connectivity index (χ1) is 9.06. The van der Waals surface area contributed by atoms with Gasteiger partial charge in [0.1, 0.15) is 0 Å². The lowest BCUT2D eigenvalue weighted by Gasteiger charge is -2.05. The summed E-state index contributed by atoms with van der Waals surface area (Å²) in [6.45, 7) is 0. The third-order valence-corrected chi connectivity index (χ3v) is 3.97. The molecular formula is C12H13ClN2O3S. The van der Waals surface area contributed by atoms with Crippen molar-refractivity contribution in [2.75, 3.05) is 0 Å². The zero-order valence-corrected chi connectivity index (χ0v) is 11.6. The molecule has 1 fully saturated rings. The molecule has 0 spiro atoms. The first-order valence-corrected chi connectivity index (χ1v) is 7.13. The number of carbonyl (C=O) groups is 3. The van der Waals surface area contributed by atoms with Gasteiger partial charge in [-0.3, -0.25) is 25.2 Å². The summed E-state index contributed by atoms with van der Waals surface area (Å²) in [7, 11) is 0. The van der Waals surface area contributed by atoms with Crippen LogP contribution in [-0.2, 0) is 9.59 Å². The molecule has 19 heavy (non-hydrogen) atoms. The van der Waals surface area contributed by atoms with Crippen molar-refractivity contribution in [2.45, 2.75) is 25.7 Å². The number of hydrazine groups is 1. The van der Waals surface area contributed by atoms with Gasteiger partial charge in [-0.1, -0.05) is 11.6 Å². The summed E-state index contributed by atoms with van der Waals surface area (Å²) in [5, 5.41) is 0. The zero-order valence-electron chi connectivity index (χ0n) is 10.1.